The third-order valence-electron chi connectivity index (χ3n) is 3.65. The van der Waals surface area contributed by atoms with Crippen LogP contribution in [0.1, 0.15) is 18.4 Å². The van der Waals surface area contributed by atoms with Crippen LogP contribution in [0.2, 0.25) is 0 Å². The molecule has 1 fully saturated rings. The van der Waals surface area contributed by atoms with Crippen LogP contribution in [0.15, 0.2) is 42.7 Å². The number of rotatable bonds is 5. The van der Waals surface area contributed by atoms with Gasteiger partial charge in [0.25, 0.3) is 0 Å². The van der Waals surface area contributed by atoms with Gasteiger partial charge in [0.05, 0.1) is 12.0 Å². The summed E-state index contributed by atoms with van der Waals surface area (Å²) in [6, 6.07) is 7.91. The third-order valence-corrected chi connectivity index (χ3v) is 3.65. The molecule has 0 saturated heterocycles. The molecule has 4 nitrogen and oxygen atoms in total. The van der Waals surface area contributed by atoms with Crippen LogP contribution in [0.4, 0.5) is 4.39 Å². The molecule has 0 N–H and O–H groups in total. The lowest BCUT2D eigenvalue weighted by Crippen LogP contribution is -2.24. The highest BCUT2D eigenvalue weighted by atomic mass is 19.1. The molecule has 5 heteroatoms. The van der Waals surface area contributed by atoms with Gasteiger partial charge < -0.3 is 4.74 Å². The van der Waals surface area contributed by atoms with E-state index in [1.54, 1.807) is 23.0 Å². The lowest BCUT2D eigenvalue weighted by molar-refractivity contribution is -0.147. The summed E-state index contributed by atoms with van der Waals surface area (Å²) in [7, 11) is 0. The Morgan fingerprint density at radius 3 is 2.70 bits per heavy atom. The SMILES string of the molecule is O=C(OCCn1cccn1)C1(c2ccc(F)cc2)CC1. The predicted octanol–water partition coefficient (Wildman–Crippen LogP) is 2.30. The molecule has 0 amide bonds. The second-order valence-electron chi connectivity index (χ2n) is 4.99. The summed E-state index contributed by atoms with van der Waals surface area (Å²) in [4.78, 5) is 12.2. The van der Waals surface area contributed by atoms with E-state index in [1.165, 1.54) is 12.1 Å². The minimum absolute atomic E-state index is 0.226. The van der Waals surface area contributed by atoms with Gasteiger partial charge in [-0.3, -0.25) is 9.48 Å². The molecule has 3 rings (SSSR count). The smallest absolute Gasteiger partial charge is 0.316 e. The molecule has 0 radical (unpaired) electrons. The fourth-order valence-electron chi connectivity index (χ4n) is 2.31. The summed E-state index contributed by atoms with van der Waals surface area (Å²) in [5, 5.41) is 4.04. The average molecular weight is 274 g/mol. The number of halogens is 1. The molecule has 1 heterocycles. The Labute approximate surface area is 116 Å². The van der Waals surface area contributed by atoms with Gasteiger partial charge in [-0.15, -0.1) is 0 Å². The number of esters is 1. The van der Waals surface area contributed by atoms with Crippen LogP contribution < -0.4 is 0 Å². The molecule has 2 aromatic rings. The Morgan fingerprint density at radius 1 is 1.35 bits per heavy atom. The molecule has 1 saturated carbocycles. The van der Waals surface area contributed by atoms with E-state index < -0.39 is 5.41 Å². The zero-order valence-corrected chi connectivity index (χ0v) is 11.0. The number of aromatic nitrogens is 2. The molecule has 0 aliphatic heterocycles. The fraction of sp³-hybridized carbons (Fsp3) is 0.333. The summed E-state index contributed by atoms with van der Waals surface area (Å²) in [5.74, 6) is -0.520. The standard InChI is InChI=1S/C15H15FN2O2/c16-13-4-2-12(3-5-13)15(6-7-15)14(19)20-11-10-18-9-1-8-17-18/h1-5,8-9H,6-7,10-11H2. The second kappa shape index (κ2) is 5.07. The van der Waals surface area contributed by atoms with Crippen LogP contribution in [0.3, 0.4) is 0 Å². The molecule has 1 aromatic heterocycles. The van der Waals surface area contributed by atoms with Crippen LogP contribution in [0.5, 0.6) is 0 Å². The third kappa shape index (κ3) is 2.43. The molecular formula is C15H15FN2O2. The van der Waals surface area contributed by atoms with Gasteiger partial charge in [-0.1, -0.05) is 12.1 Å². The molecule has 1 aliphatic rings. The Morgan fingerprint density at radius 2 is 2.10 bits per heavy atom. The summed E-state index contributed by atoms with van der Waals surface area (Å²) in [6.07, 6.45) is 5.03. The van der Waals surface area contributed by atoms with Gasteiger partial charge in [0.15, 0.2) is 0 Å². The number of carbonyl (C=O) groups excluding carboxylic acids is 1. The summed E-state index contributed by atoms with van der Waals surface area (Å²) in [6.45, 7) is 0.835. The number of benzene rings is 1. The minimum Gasteiger partial charge on any atom is -0.463 e. The van der Waals surface area contributed by atoms with Crippen molar-refractivity contribution in [3.63, 3.8) is 0 Å². The molecule has 0 unspecified atom stereocenters. The Kier molecular flexibility index (Phi) is 3.26. The first-order valence-electron chi connectivity index (χ1n) is 6.61. The van der Waals surface area contributed by atoms with Gasteiger partial charge >= 0.3 is 5.97 Å². The number of hydrogen-bond acceptors (Lipinski definition) is 3. The largest absolute Gasteiger partial charge is 0.463 e. The van der Waals surface area contributed by atoms with Crippen LogP contribution in [-0.2, 0) is 21.5 Å². The fourth-order valence-corrected chi connectivity index (χ4v) is 2.31. The van der Waals surface area contributed by atoms with E-state index in [0.29, 0.717) is 13.2 Å². The van der Waals surface area contributed by atoms with Crippen molar-refractivity contribution in [1.82, 2.24) is 9.78 Å². The normalized spacial score (nSPS) is 15.8. The van der Waals surface area contributed by atoms with Crippen molar-refractivity contribution in [3.05, 3.63) is 54.1 Å². The average Bonchev–Trinajstić information content (AvgIpc) is 3.10. The highest BCUT2D eigenvalue weighted by Gasteiger charge is 2.52. The lowest BCUT2D eigenvalue weighted by Gasteiger charge is -2.15. The van der Waals surface area contributed by atoms with E-state index in [2.05, 4.69) is 5.10 Å². The summed E-state index contributed by atoms with van der Waals surface area (Å²) in [5.41, 5.74) is 0.278. The van der Waals surface area contributed by atoms with Crippen molar-refractivity contribution in [2.75, 3.05) is 6.61 Å². The maximum atomic E-state index is 12.9. The van der Waals surface area contributed by atoms with E-state index in [1.807, 2.05) is 12.3 Å². The first-order chi connectivity index (χ1) is 9.71. The molecule has 20 heavy (non-hydrogen) atoms. The van der Waals surface area contributed by atoms with E-state index >= 15 is 0 Å². The number of nitrogens with zero attached hydrogens (tertiary/aromatic N) is 2. The molecule has 0 spiro atoms. The zero-order chi connectivity index (χ0) is 14.0. The molecule has 104 valence electrons. The monoisotopic (exact) mass is 274 g/mol. The van der Waals surface area contributed by atoms with Crippen molar-refractivity contribution in [1.29, 1.82) is 0 Å². The van der Waals surface area contributed by atoms with Gasteiger partial charge in [-0.05, 0) is 36.6 Å². The van der Waals surface area contributed by atoms with Crippen molar-refractivity contribution in [3.8, 4) is 0 Å². The topological polar surface area (TPSA) is 44.1 Å². The van der Waals surface area contributed by atoms with Crippen molar-refractivity contribution in [2.24, 2.45) is 0 Å². The molecule has 1 aromatic carbocycles. The highest BCUT2D eigenvalue weighted by molar-refractivity contribution is 5.86. The maximum Gasteiger partial charge on any atom is 0.316 e. The minimum atomic E-state index is -0.558. The van der Waals surface area contributed by atoms with Gasteiger partial charge in [0, 0.05) is 12.4 Å². The molecule has 0 bridgehead atoms. The summed E-state index contributed by atoms with van der Waals surface area (Å²) >= 11 is 0. The quantitative estimate of drug-likeness (QED) is 0.786. The first-order valence-corrected chi connectivity index (χ1v) is 6.61. The number of carbonyl (C=O) groups is 1. The zero-order valence-electron chi connectivity index (χ0n) is 11.0. The van der Waals surface area contributed by atoms with Gasteiger partial charge in [0.1, 0.15) is 12.4 Å². The first kappa shape index (κ1) is 12.8. The molecule has 0 atom stereocenters. The van der Waals surface area contributed by atoms with Crippen LogP contribution in [0, 0.1) is 5.82 Å². The van der Waals surface area contributed by atoms with Crippen molar-refractivity contribution < 1.29 is 13.9 Å². The van der Waals surface area contributed by atoms with Gasteiger partial charge in [-0.25, -0.2) is 4.39 Å². The van der Waals surface area contributed by atoms with Gasteiger partial charge in [0.2, 0.25) is 0 Å². The van der Waals surface area contributed by atoms with E-state index in [-0.39, 0.29) is 11.8 Å². The highest BCUT2D eigenvalue weighted by Crippen LogP contribution is 2.49. The maximum absolute atomic E-state index is 12.9. The lowest BCUT2D eigenvalue weighted by atomic mass is 9.96. The van der Waals surface area contributed by atoms with Crippen LogP contribution >= 0.6 is 0 Å². The van der Waals surface area contributed by atoms with Crippen LogP contribution in [0.25, 0.3) is 0 Å². The Hall–Kier alpha value is -2.17. The van der Waals surface area contributed by atoms with E-state index in [4.69, 9.17) is 4.74 Å². The van der Waals surface area contributed by atoms with Crippen LogP contribution in [-0.4, -0.2) is 22.4 Å². The predicted molar refractivity (Wildman–Crippen MR) is 70.5 cm³/mol. The van der Waals surface area contributed by atoms with Gasteiger partial charge in [-0.2, -0.15) is 5.10 Å². The number of ether oxygens (including phenoxy) is 1. The second-order valence-corrected chi connectivity index (χ2v) is 4.99. The van der Waals surface area contributed by atoms with E-state index in [9.17, 15) is 9.18 Å². The van der Waals surface area contributed by atoms with Crippen molar-refractivity contribution >= 4 is 5.97 Å². The van der Waals surface area contributed by atoms with E-state index in [0.717, 1.165) is 18.4 Å². The summed E-state index contributed by atoms with van der Waals surface area (Å²) < 4.78 is 20.0. The Balaban J connectivity index is 1.60. The number of hydrogen-bond donors (Lipinski definition) is 0. The Bertz CT molecular complexity index is 589. The molecular weight excluding hydrogens is 259 g/mol. The van der Waals surface area contributed by atoms with Crippen molar-refractivity contribution in [2.45, 2.75) is 24.8 Å². The molecule has 1 aliphatic carbocycles.